The smallest absolute Gasteiger partial charge is 0.283 e. The molecule has 0 radical (unpaired) electrons. The van der Waals surface area contributed by atoms with Crippen molar-refractivity contribution in [3.05, 3.63) is 70.8 Å². The number of likely N-dealkylation sites (N-methyl/N-ethyl adjacent to an activating group) is 1. The van der Waals surface area contributed by atoms with Crippen LogP contribution < -0.4 is 4.90 Å². The molecule has 0 N–H and O–H groups in total. The Morgan fingerprint density at radius 2 is 1.60 bits per heavy atom. The molecule has 30 heavy (non-hydrogen) atoms. The third-order valence-corrected chi connectivity index (χ3v) is 7.14. The average Bonchev–Trinajstić information content (AvgIpc) is 3.04. The van der Waals surface area contributed by atoms with Crippen LogP contribution in [-0.4, -0.2) is 29.8 Å². The Labute approximate surface area is 182 Å². The van der Waals surface area contributed by atoms with Crippen molar-refractivity contribution in [3.8, 4) is 0 Å². The Hall–Kier alpha value is -2.53. The topological polar surface area (TPSA) is 40.6 Å². The largest absolute Gasteiger partial charge is 0.366 e. The lowest BCUT2D eigenvalue weighted by Crippen LogP contribution is -2.38. The van der Waals surface area contributed by atoms with Crippen molar-refractivity contribution in [2.75, 3.05) is 11.9 Å². The standard InChI is InChI=1S/C25H28N2O2S/c1-3-18-14-16-20(17-15-18)27-24(28)22(26(2)19-10-6-4-7-11-19)23(25(27)29)30-21-12-8-5-9-13-21/h5,8-9,12-17,19H,3-4,6-7,10-11H2,1-2H3. The van der Waals surface area contributed by atoms with Crippen LogP contribution in [0.15, 0.2) is 70.1 Å². The maximum Gasteiger partial charge on any atom is 0.283 e. The molecular formula is C25H28N2O2S. The highest BCUT2D eigenvalue weighted by Crippen LogP contribution is 2.40. The summed E-state index contributed by atoms with van der Waals surface area (Å²) in [6, 6.07) is 17.9. The molecule has 0 atom stereocenters. The van der Waals surface area contributed by atoms with Gasteiger partial charge in [-0.3, -0.25) is 9.59 Å². The quantitative estimate of drug-likeness (QED) is 0.588. The molecule has 4 rings (SSSR count). The van der Waals surface area contributed by atoms with Crippen LogP contribution in [-0.2, 0) is 16.0 Å². The highest BCUT2D eigenvalue weighted by molar-refractivity contribution is 8.04. The van der Waals surface area contributed by atoms with E-state index in [1.54, 1.807) is 0 Å². The molecule has 1 heterocycles. The summed E-state index contributed by atoms with van der Waals surface area (Å²) in [7, 11) is 1.98. The fourth-order valence-electron chi connectivity index (χ4n) is 4.27. The fourth-order valence-corrected chi connectivity index (χ4v) is 5.31. The van der Waals surface area contributed by atoms with Crippen LogP contribution in [0.3, 0.4) is 0 Å². The highest BCUT2D eigenvalue weighted by Gasteiger charge is 2.43. The fraction of sp³-hybridized carbons (Fsp3) is 0.360. The van der Waals surface area contributed by atoms with Crippen LogP contribution in [0.4, 0.5) is 5.69 Å². The van der Waals surface area contributed by atoms with Gasteiger partial charge in [0.05, 0.1) is 5.69 Å². The molecule has 2 aromatic rings. The Morgan fingerprint density at radius 1 is 0.933 bits per heavy atom. The summed E-state index contributed by atoms with van der Waals surface area (Å²) in [5, 5.41) is 0. The Bertz CT molecular complexity index is 947. The normalized spacial score (nSPS) is 17.7. The maximum absolute atomic E-state index is 13.5. The number of carbonyl (C=O) groups excluding carboxylic acids is 2. The van der Waals surface area contributed by atoms with Gasteiger partial charge in [-0.15, -0.1) is 0 Å². The van der Waals surface area contributed by atoms with Crippen molar-refractivity contribution in [2.24, 2.45) is 0 Å². The van der Waals surface area contributed by atoms with Crippen LogP contribution in [0.25, 0.3) is 0 Å². The van der Waals surface area contributed by atoms with Crippen molar-refractivity contribution >= 4 is 29.3 Å². The van der Waals surface area contributed by atoms with Gasteiger partial charge in [-0.25, -0.2) is 4.90 Å². The van der Waals surface area contributed by atoms with Crippen molar-refractivity contribution in [1.29, 1.82) is 0 Å². The van der Waals surface area contributed by atoms with E-state index in [-0.39, 0.29) is 11.8 Å². The van der Waals surface area contributed by atoms with Crippen molar-refractivity contribution in [2.45, 2.75) is 56.4 Å². The van der Waals surface area contributed by atoms with Gasteiger partial charge < -0.3 is 4.90 Å². The Balaban J connectivity index is 1.71. The molecule has 1 aliphatic heterocycles. The lowest BCUT2D eigenvalue weighted by molar-refractivity contribution is -0.121. The summed E-state index contributed by atoms with van der Waals surface area (Å²) in [5.74, 6) is -0.438. The first kappa shape index (κ1) is 20.7. The third kappa shape index (κ3) is 4.04. The molecule has 0 bridgehead atoms. The summed E-state index contributed by atoms with van der Waals surface area (Å²) in [5.41, 5.74) is 2.37. The van der Waals surface area contributed by atoms with Gasteiger partial charge in [0.25, 0.3) is 11.8 Å². The minimum Gasteiger partial charge on any atom is -0.366 e. The van der Waals surface area contributed by atoms with E-state index < -0.39 is 0 Å². The number of imide groups is 1. The van der Waals surface area contributed by atoms with Crippen LogP contribution in [0.2, 0.25) is 0 Å². The zero-order valence-electron chi connectivity index (χ0n) is 17.6. The molecule has 1 fully saturated rings. The minimum absolute atomic E-state index is 0.212. The van der Waals surface area contributed by atoms with E-state index in [0.717, 1.165) is 24.2 Å². The summed E-state index contributed by atoms with van der Waals surface area (Å²) in [4.78, 5) is 31.9. The predicted molar refractivity (Wildman–Crippen MR) is 122 cm³/mol. The molecule has 2 aliphatic rings. The van der Waals surface area contributed by atoms with E-state index in [2.05, 4.69) is 11.8 Å². The maximum atomic E-state index is 13.5. The molecule has 0 saturated heterocycles. The van der Waals surface area contributed by atoms with Gasteiger partial charge in [0.1, 0.15) is 10.6 Å². The molecule has 0 aromatic heterocycles. The summed E-state index contributed by atoms with van der Waals surface area (Å²) in [6.07, 6.45) is 6.65. The van der Waals surface area contributed by atoms with Gasteiger partial charge in [0.15, 0.2) is 0 Å². The lowest BCUT2D eigenvalue weighted by Gasteiger charge is -2.33. The number of amides is 2. The molecule has 4 nitrogen and oxygen atoms in total. The molecule has 2 amide bonds. The third-order valence-electron chi connectivity index (χ3n) is 6.06. The van der Waals surface area contributed by atoms with Gasteiger partial charge in [-0.2, -0.15) is 0 Å². The van der Waals surface area contributed by atoms with Gasteiger partial charge in [0.2, 0.25) is 0 Å². The number of rotatable bonds is 6. The van der Waals surface area contributed by atoms with E-state index in [9.17, 15) is 9.59 Å². The second-order valence-electron chi connectivity index (χ2n) is 7.96. The summed E-state index contributed by atoms with van der Waals surface area (Å²) in [6.45, 7) is 2.09. The van der Waals surface area contributed by atoms with Crippen LogP contribution in [0.5, 0.6) is 0 Å². The number of hydrogen-bond donors (Lipinski definition) is 0. The van der Waals surface area contributed by atoms with Gasteiger partial charge in [0, 0.05) is 18.0 Å². The monoisotopic (exact) mass is 420 g/mol. The average molecular weight is 421 g/mol. The molecule has 0 spiro atoms. The van der Waals surface area contributed by atoms with Gasteiger partial charge in [-0.1, -0.05) is 68.3 Å². The molecule has 5 heteroatoms. The van der Waals surface area contributed by atoms with Crippen molar-refractivity contribution in [3.63, 3.8) is 0 Å². The van der Waals surface area contributed by atoms with E-state index in [4.69, 9.17) is 0 Å². The van der Waals surface area contributed by atoms with Gasteiger partial charge >= 0.3 is 0 Å². The molecule has 156 valence electrons. The SMILES string of the molecule is CCc1ccc(N2C(=O)C(Sc3ccccc3)=C(N(C)C3CCCCC3)C2=O)cc1. The van der Waals surface area contributed by atoms with Crippen LogP contribution in [0, 0.1) is 0 Å². The number of benzene rings is 2. The minimum atomic E-state index is -0.226. The Kier molecular flexibility index (Phi) is 6.28. The van der Waals surface area contributed by atoms with E-state index in [1.165, 1.54) is 41.5 Å². The molecule has 0 unspecified atom stereocenters. The van der Waals surface area contributed by atoms with Crippen LogP contribution >= 0.6 is 11.8 Å². The number of carbonyl (C=O) groups is 2. The van der Waals surface area contributed by atoms with Gasteiger partial charge in [-0.05, 0) is 49.1 Å². The van der Waals surface area contributed by atoms with E-state index >= 15 is 0 Å². The zero-order chi connectivity index (χ0) is 21.1. The molecule has 2 aromatic carbocycles. The Morgan fingerprint density at radius 3 is 2.23 bits per heavy atom. The lowest BCUT2D eigenvalue weighted by atomic mass is 9.94. The first-order valence-electron chi connectivity index (χ1n) is 10.8. The summed E-state index contributed by atoms with van der Waals surface area (Å²) < 4.78 is 0. The number of hydrogen-bond acceptors (Lipinski definition) is 4. The second-order valence-corrected chi connectivity index (χ2v) is 9.05. The molecule has 1 aliphatic carbocycles. The van der Waals surface area contributed by atoms with Crippen molar-refractivity contribution in [1.82, 2.24) is 4.90 Å². The van der Waals surface area contributed by atoms with E-state index in [0.29, 0.717) is 22.3 Å². The number of aryl methyl sites for hydroxylation is 1. The zero-order valence-corrected chi connectivity index (χ0v) is 18.5. The summed E-state index contributed by atoms with van der Waals surface area (Å²) >= 11 is 1.40. The predicted octanol–water partition coefficient (Wildman–Crippen LogP) is 5.39. The first-order chi connectivity index (χ1) is 14.6. The molecule has 1 saturated carbocycles. The van der Waals surface area contributed by atoms with Crippen molar-refractivity contribution < 1.29 is 9.59 Å². The number of nitrogens with zero attached hydrogens (tertiary/aromatic N) is 2. The second kappa shape index (κ2) is 9.09. The van der Waals surface area contributed by atoms with E-state index in [1.807, 2.05) is 61.6 Å². The van der Waals surface area contributed by atoms with Crippen LogP contribution in [0.1, 0.15) is 44.6 Å². The number of thioether (sulfide) groups is 1. The highest BCUT2D eigenvalue weighted by atomic mass is 32.2. The first-order valence-corrected chi connectivity index (χ1v) is 11.6. The molecular weight excluding hydrogens is 392 g/mol. The number of anilines is 1.